The Morgan fingerprint density at radius 3 is 2.56 bits per heavy atom. The summed E-state index contributed by atoms with van der Waals surface area (Å²) in [4.78, 5) is 24.4. The molecule has 0 saturated heterocycles. The van der Waals surface area contributed by atoms with Gasteiger partial charge in [-0.2, -0.15) is 0 Å². The third-order valence-corrected chi connectivity index (χ3v) is 9.15. The molecule has 7 atom stereocenters. The fourth-order valence-corrected chi connectivity index (χ4v) is 7.87. The lowest BCUT2D eigenvalue weighted by atomic mass is 9.44. The molecular weight excluding hydrogens is 312 g/mol. The zero-order valence-electron chi connectivity index (χ0n) is 16.6. The zero-order chi connectivity index (χ0) is 18.2. The van der Waals surface area contributed by atoms with Crippen LogP contribution < -0.4 is 0 Å². The lowest BCUT2D eigenvalue weighted by molar-refractivity contribution is -0.145. The van der Waals surface area contributed by atoms with Gasteiger partial charge in [-0.05, 0) is 60.2 Å². The molecule has 4 saturated carbocycles. The predicted molar refractivity (Wildman–Crippen MR) is 96.8 cm³/mol. The van der Waals surface area contributed by atoms with E-state index < -0.39 is 0 Å². The minimum Gasteiger partial charge on any atom is -0.466 e. The van der Waals surface area contributed by atoms with E-state index in [9.17, 15) is 9.59 Å². The summed E-state index contributed by atoms with van der Waals surface area (Å²) in [6, 6.07) is 0. The number of rotatable bonds is 2. The van der Waals surface area contributed by atoms with Crippen LogP contribution in [0.2, 0.25) is 0 Å². The van der Waals surface area contributed by atoms with Crippen LogP contribution >= 0.6 is 0 Å². The minimum atomic E-state index is -0.221. The first-order valence-electron chi connectivity index (χ1n) is 10.3. The van der Waals surface area contributed by atoms with E-state index in [1.54, 1.807) is 0 Å². The first-order valence-corrected chi connectivity index (χ1v) is 10.3. The summed E-state index contributed by atoms with van der Waals surface area (Å²) in [5.41, 5.74) is 0.503. The van der Waals surface area contributed by atoms with E-state index >= 15 is 0 Å². The number of carbonyl (C=O) groups is 2. The molecule has 0 aromatic heterocycles. The third kappa shape index (κ3) is 2.29. The van der Waals surface area contributed by atoms with Gasteiger partial charge in [0.25, 0.3) is 0 Å². The van der Waals surface area contributed by atoms with Crippen molar-refractivity contribution in [3.8, 4) is 0 Å². The lowest BCUT2D eigenvalue weighted by Crippen LogP contribution is -2.54. The van der Waals surface area contributed by atoms with Crippen molar-refractivity contribution in [1.82, 2.24) is 0 Å². The van der Waals surface area contributed by atoms with Gasteiger partial charge in [0, 0.05) is 24.7 Å². The summed E-state index contributed by atoms with van der Waals surface area (Å²) in [6.45, 7) is 11.4. The van der Waals surface area contributed by atoms with Gasteiger partial charge in [-0.25, -0.2) is 0 Å². The maximum absolute atomic E-state index is 13.1. The second-order valence-corrected chi connectivity index (χ2v) is 10.6. The highest BCUT2D eigenvalue weighted by atomic mass is 16.5. The smallest absolute Gasteiger partial charge is 0.302 e. The maximum atomic E-state index is 13.1. The van der Waals surface area contributed by atoms with Gasteiger partial charge < -0.3 is 4.74 Å². The Morgan fingerprint density at radius 2 is 1.88 bits per heavy atom. The molecule has 0 heterocycles. The van der Waals surface area contributed by atoms with Crippen LogP contribution in [0.15, 0.2) is 0 Å². The summed E-state index contributed by atoms with van der Waals surface area (Å²) in [7, 11) is 0. The molecule has 0 aromatic rings. The largest absolute Gasteiger partial charge is 0.466 e. The molecule has 0 bridgehead atoms. The first kappa shape index (κ1) is 17.5. The summed E-state index contributed by atoms with van der Waals surface area (Å²) < 4.78 is 5.32. The number of hydrogen-bond acceptors (Lipinski definition) is 3. The van der Waals surface area contributed by atoms with Crippen LogP contribution in [-0.2, 0) is 14.3 Å². The molecule has 0 aromatic carbocycles. The number of ether oxygens (including phenoxy) is 1. The molecule has 140 valence electrons. The molecule has 0 unspecified atom stereocenters. The summed E-state index contributed by atoms with van der Waals surface area (Å²) in [5.74, 6) is 2.87. The van der Waals surface area contributed by atoms with Crippen molar-refractivity contribution >= 4 is 11.8 Å². The van der Waals surface area contributed by atoms with Crippen molar-refractivity contribution in [1.29, 1.82) is 0 Å². The highest BCUT2D eigenvalue weighted by molar-refractivity contribution is 5.90. The van der Waals surface area contributed by atoms with Gasteiger partial charge in [-0.15, -0.1) is 0 Å². The second kappa shape index (κ2) is 5.33. The number of fused-ring (bicyclic) bond motifs is 5. The fraction of sp³-hybridized carbons (Fsp3) is 0.909. The summed E-state index contributed by atoms with van der Waals surface area (Å²) in [5, 5.41) is 0. The number of ketones is 1. The Labute approximate surface area is 152 Å². The van der Waals surface area contributed by atoms with Crippen molar-refractivity contribution in [2.24, 2.45) is 45.8 Å². The van der Waals surface area contributed by atoms with Crippen LogP contribution in [0.3, 0.4) is 0 Å². The Bertz CT molecular complexity index is 608. The third-order valence-electron chi connectivity index (χ3n) is 9.15. The molecule has 4 fully saturated rings. The summed E-state index contributed by atoms with van der Waals surface area (Å²) >= 11 is 0. The van der Waals surface area contributed by atoms with Crippen molar-refractivity contribution in [3.05, 3.63) is 0 Å². The van der Waals surface area contributed by atoms with E-state index in [1.165, 1.54) is 39.0 Å². The lowest BCUT2D eigenvalue weighted by Gasteiger charge is -2.60. The van der Waals surface area contributed by atoms with Gasteiger partial charge >= 0.3 is 5.97 Å². The average molecular weight is 347 g/mol. The van der Waals surface area contributed by atoms with Gasteiger partial charge in [0.05, 0.1) is 6.61 Å². The van der Waals surface area contributed by atoms with Gasteiger partial charge in [-0.1, -0.05) is 34.1 Å². The fourth-order valence-electron chi connectivity index (χ4n) is 7.87. The number of hydrogen-bond donors (Lipinski definition) is 0. The highest BCUT2D eigenvalue weighted by Crippen LogP contribution is 2.74. The molecule has 0 radical (unpaired) electrons. The molecule has 3 heteroatoms. The molecule has 0 spiro atoms. The monoisotopic (exact) mass is 346 g/mol. The number of esters is 1. The second-order valence-electron chi connectivity index (χ2n) is 10.6. The van der Waals surface area contributed by atoms with E-state index in [4.69, 9.17) is 4.74 Å². The van der Waals surface area contributed by atoms with Gasteiger partial charge in [-0.3, -0.25) is 9.59 Å². The first-order chi connectivity index (χ1) is 11.6. The SMILES string of the molecule is CC(=O)OC[C@@H]1[C@H]2[C@@H]3CC[C@H]4C(C)(C)CCC[C@]4(C)[C@H]3CC(=O)[C@]21C. The van der Waals surface area contributed by atoms with Crippen LogP contribution in [-0.4, -0.2) is 18.4 Å². The van der Waals surface area contributed by atoms with Crippen LogP contribution in [0.4, 0.5) is 0 Å². The van der Waals surface area contributed by atoms with E-state index in [1.807, 2.05) is 0 Å². The van der Waals surface area contributed by atoms with Gasteiger partial charge in [0.2, 0.25) is 0 Å². The molecule has 4 aliphatic rings. The quantitative estimate of drug-likeness (QED) is 0.685. The van der Waals surface area contributed by atoms with Crippen LogP contribution in [0.5, 0.6) is 0 Å². The Balaban J connectivity index is 1.61. The van der Waals surface area contributed by atoms with Crippen molar-refractivity contribution < 1.29 is 14.3 Å². The van der Waals surface area contributed by atoms with Crippen LogP contribution in [0.25, 0.3) is 0 Å². The molecule has 0 aliphatic heterocycles. The van der Waals surface area contributed by atoms with Crippen molar-refractivity contribution in [3.63, 3.8) is 0 Å². The molecule has 0 N–H and O–H groups in total. The predicted octanol–water partition coefficient (Wildman–Crippen LogP) is 4.63. The Hall–Kier alpha value is -0.860. The molecule has 25 heavy (non-hydrogen) atoms. The molecule has 4 rings (SSSR count). The van der Waals surface area contributed by atoms with Crippen molar-refractivity contribution in [2.45, 2.75) is 73.1 Å². The van der Waals surface area contributed by atoms with E-state index in [2.05, 4.69) is 27.7 Å². The molecule has 4 aliphatic carbocycles. The number of carbonyl (C=O) groups excluding carboxylic acids is 2. The maximum Gasteiger partial charge on any atom is 0.302 e. The average Bonchev–Trinajstić information content (AvgIpc) is 3.12. The van der Waals surface area contributed by atoms with E-state index in [-0.39, 0.29) is 17.3 Å². The topological polar surface area (TPSA) is 43.4 Å². The van der Waals surface area contributed by atoms with E-state index in [0.717, 1.165) is 12.3 Å². The van der Waals surface area contributed by atoms with Gasteiger partial charge in [0.15, 0.2) is 0 Å². The highest BCUT2D eigenvalue weighted by Gasteiger charge is 2.74. The standard InChI is InChI=1S/C22H34O3/c1-13(23)25-12-16-19-14-7-8-17-20(2,3)9-6-10-21(17,4)15(14)11-18(24)22(16,19)5/h14-17,19H,6-12H2,1-5H3/t14-,15+,16-,17+,19-,21-,22-/m1/s1. The minimum absolute atomic E-state index is 0.218. The molecule has 3 nitrogen and oxygen atoms in total. The van der Waals surface area contributed by atoms with Gasteiger partial charge in [0.1, 0.15) is 5.78 Å². The molecular formula is C22H34O3. The number of Topliss-reactive ketones (excluding diaryl/α,β-unsaturated/α-hetero) is 1. The van der Waals surface area contributed by atoms with Crippen LogP contribution in [0, 0.1) is 45.8 Å². The van der Waals surface area contributed by atoms with Crippen molar-refractivity contribution in [2.75, 3.05) is 6.61 Å². The van der Waals surface area contributed by atoms with Crippen LogP contribution in [0.1, 0.15) is 73.1 Å². The molecule has 0 amide bonds. The van der Waals surface area contributed by atoms with E-state index in [0.29, 0.717) is 41.0 Å². The Kier molecular flexibility index (Phi) is 3.74. The Morgan fingerprint density at radius 1 is 1.16 bits per heavy atom. The zero-order valence-corrected chi connectivity index (χ0v) is 16.6. The normalized spacial score (nSPS) is 50.3. The summed E-state index contributed by atoms with van der Waals surface area (Å²) in [6.07, 6.45) is 7.25.